The van der Waals surface area contributed by atoms with Crippen LogP contribution < -0.4 is 15.4 Å². The van der Waals surface area contributed by atoms with E-state index in [0.29, 0.717) is 12.5 Å². The summed E-state index contributed by atoms with van der Waals surface area (Å²) in [6.45, 7) is 1.54. The second kappa shape index (κ2) is 13.8. The average molecular weight is 510 g/mol. The number of guanidine groups is 1. The molecule has 0 radical (unpaired) electrons. The van der Waals surface area contributed by atoms with E-state index >= 15 is 0 Å². The standard InChI is InChI=1S/C22H30N4O2.HI/c1-26(2)21(27)17-25-22(23-15-13-18-9-5-4-6-10-18)24-16-14-19-11-7-8-12-20(19)28-3;/h4-12H,13-17H2,1-3H3,(H2,23,24,25);1H. The normalized spacial score (nSPS) is 10.7. The zero-order valence-corrected chi connectivity index (χ0v) is 19.7. The summed E-state index contributed by atoms with van der Waals surface area (Å²) in [6.07, 6.45) is 1.68. The third-order valence-electron chi connectivity index (χ3n) is 4.30. The molecule has 0 unspecified atom stereocenters. The summed E-state index contributed by atoms with van der Waals surface area (Å²) in [5, 5.41) is 6.63. The van der Waals surface area contributed by atoms with Crippen LogP contribution in [0, 0.1) is 0 Å². The Morgan fingerprint density at radius 3 is 2.24 bits per heavy atom. The van der Waals surface area contributed by atoms with E-state index in [1.807, 2.05) is 36.4 Å². The van der Waals surface area contributed by atoms with Gasteiger partial charge in [-0.15, -0.1) is 24.0 Å². The molecule has 0 bridgehead atoms. The number of likely N-dealkylation sites (N-methyl/N-ethyl adjacent to an activating group) is 1. The number of para-hydroxylation sites is 1. The second-order valence-corrected chi connectivity index (χ2v) is 6.60. The van der Waals surface area contributed by atoms with E-state index in [2.05, 4.69) is 33.8 Å². The molecule has 0 fully saturated rings. The molecule has 0 aliphatic heterocycles. The van der Waals surface area contributed by atoms with Gasteiger partial charge in [-0.05, 0) is 30.0 Å². The molecule has 2 N–H and O–H groups in total. The SMILES string of the molecule is COc1ccccc1CCNC(=NCC(=O)N(C)C)NCCc1ccccc1.I. The third kappa shape index (κ3) is 9.17. The fraction of sp³-hybridized carbons (Fsp3) is 0.364. The molecule has 0 atom stereocenters. The molecule has 0 saturated heterocycles. The summed E-state index contributed by atoms with van der Waals surface area (Å²) >= 11 is 0. The Bertz CT molecular complexity index is 766. The zero-order chi connectivity index (χ0) is 20.2. The third-order valence-corrected chi connectivity index (χ3v) is 4.30. The summed E-state index contributed by atoms with van der Waals surface area (Å²) < 4.78 is 5.40. The Morgan fingerprint density at radius 1 is 0.966 bits per heavy atom. The molecule has 0 heterocycles. The number of methoxy groups -OCH3 is 1. The first-order valence-corrected chi connectivity index (χ1v) is 9.48. The van der Waals surface area contributed by atoms with E-state index in [-0.39, 0.29) is 36.4 Å². The molecule has 0 aromatic heterocycles. The number of carbonyl (C=O) groups is 1. The van der Waals surface area contributed by atoms with Crippen LogP contribution in [-0.4, -0.2) is 57.6 Å². The number of halogens is 1. The van der Waals surface area contributed by atoms with Gasteiger partial charge < -0.3 is 20.3 Å². The van der Waals surface area contributed by atoms with Gasteiger partial charge in [0, 0.05) is 27.2 Å². The first-order valence-electron chi connectivity index (χ1n) is 9.48. The summed E-state index contributed by atoms with van der Waals surface area (Å²) in [7, 11) is 5.14. The number of ether oxygens (including phenoxy) is 1. The van der Waals surface area contributed by atoms with Crippen LogP contribution >= 0.6 is 24.0 Å². The van der Waals surface area contributed by atoms with Crippen LogP contribution in [0.2, 0.25) is 0 Å². The lowest BCUT2D eigenvalue weighted by Crippen LogP contribution is -2.40. The number of nitrogens with zero attached hydrogens (tertiary/aromatic N) is 2. The number of hydrogen-bond donors (Lipinski definition) is 2. The van der Waals surface area contributed by atoms with Gasteiger partial charge in [-0.3, -0.25) is 4.79 Å². The predicted octanol–water partition coefficient (Wildman–Crippen LogP) is 2.72. The van der Waals surface area contributed by atoms with Crippen LogP contribution in [0.25, 0.3) is 0 Å². The van der Waals surface area contributed by atoms with Gasteiger partial charge in [0.15, 0.2) is 5.96 Å². The molecule has 29 heavy (non-hydrogen) atoms. The molecule has 158 valence electrons. The lowest BCUT2D eigenvalue weighted by Gasteiger charge is -2.14. The highest BCUT2D eigenvalue weighted by molar-refractivity contribution is 14.0. The summed E-state index contributed by atoms with van der Waals surface area (Å²) in [6, 6.07) is 18.2. The van der Waals surface area contributed by atoms with E-state index in [0.717, 1.165) is 30.7 Å². The number of amides is 1. The van der Waals surface area contributed by atoms with Crippen molar-refractivity contribution in [1.29, 1.82) is 0 Å². The Hall–Kier alpha value is -2.29. The highest BCUT2D eigenvalue weighted by atomic mass is 127. The maximum absolute atomic E-state index is 11.9. The van der Waals surface area contributed by atoms with Crippen molar-refractivity contribution in [2.75, 3.05) is 40.8 Å². The van der Waals surface area contributed by atoms with Crippen molar-refractivity contribution in [1.82, 2.24) is 15.5 Å². The van der Waals surface area contributed by atoms with E-state index in [4.69, 9.17) is 4.74 Å². The van der Waals surface area contributed by atoms with Crippen molar-refractivity contribution < 1.29 is 9.53 Å². The second-order valence-electron chi connectivity index (χ2n) is 6.60. The van der Waals surface area contributed by atoms with Crippen molar-refractivity contribution in [3.63, 3.8) is 0 Å². The Morgan fingerprint density at radius 2 is 1.59 bits per heavy atom. The quantitative estimate of drug-likeness (QED) is 0.310. The summed E-state index contributed by atoms with van der Waals surface area (Å²) in [5.41, 5.74) is 2.39. The largest absolute Gasteiger partial charge is 0.496 e. The molecule has 2 aromatic rings. The molecule has 2 rings (SSSR count). The van der Waals surface area contributed by atoms with Gasteiger partial charge >= 0.3 is 0 Å². The van der Waals surface area contributed by atoms with Gasteiger partial charge in [0.2, 0.25) is 5.91 Å². The molecule has 0 aliphatic carbocycles. The fourth-order valence-corrected chi connectivity index (χ4v) is 2.66. The van der Waals surface area contributed by atoms with Crippen LogP contribution in [0.15, 0.2) is 59.6 Å². The lowest BCUT2D eigenvalue weighted by atomic mass is 10.1. The number of nitrogens with one attached hydrogen (secondary N) is 2. The molecule has 1 amide bonds. The molecular weight excluding hydrogens is 479 g/mol. The Kier molecular flexibility index (Phi) is 11.8. The maximum Gasteiger partial charge on any atom is 0.243 e. The number of benzene rings is 2. The monoisotopic (exact) mass is 510 g/mol. The molecule has 0 aliphatic rings. The first-order chi connectivity index (χ1) is 13.6. The van der Waals surface area contributed by atoms with Crippen LogP contribution in [0.4, 0.5) is 0 Å². The molecular formula is C22H31IN4O2. The van der Waals surface area contributed by atoms with Crippen molar-refractivity contribution in [2.45, 2.75) is 12.8 Å². The van der Waals surface area contributed by atoms with Crippen LogP contribution in [0.5, 0.6) is 5.75 Å². The highest BCUT2D eigenvalue weighted by Crippen LogP contribution is 2.17. The smallest absolute Gasteiger partial charge is 0.243 e. The minimum atomic E-state index is -0.0334. The molecule has 0 spiro atoms. The maximum atomic E-state index is 11.9. The van der Waals surface area contributed by atoms with E-state index in [1.165, 1.54) is 5.56 Å². The van der Waals surface area contributed by atoms with E-state index in [9.17, 15) is 4.79 Å². The molecule has 0 saturated carbocycles. The molecule has 2 aromatic carbocycles. The minimum Gasteiger partial charge on any atom is -0.496 e. The van der Waals surface area contributed by atoms with Crippen LogP contribution in [0.3, 0.4) is 0 Å². The van der Waals surface area contributed by atoms with Crippen molar-refractivity contribution in [3.05, 3.63) is 65.7 Å². The average Bonchev–Trinajstić information content (AvgIpc) is 2.72. The van der Waals surface area contributed by atoms with Crippen molar-refractivity contribution >= 4 is 35.8 Å². The van der Waals surface area contributed by atoms with E-state index in [1.54, 1.807) is 26.1 Å². The first kappa shape index (κ1) is 24.7. The minimum absolute atomic E-state index is 0. The van der Waals surface area contributed by atoms with E-state index < -0.39 is 0 Å². The lowest BCUT2D eigenvalue weighted by molar-refractivity contribution is -0.127. The molecule has 7 heteroatoms. The fourth-order valence-electron chi connectivity index (χ4n) is 2.66. The number of carbonyl (C=O) groups excluding carboxylic acids is 1. The van der Waals surface area contributed by atoms with Crippen LogP contribution in [0.1, 0.15) is 11.1 Å². The Labute approximate surface area is 190 Å². The summed E-state index contributed by atoms with van der Waals surface area (Å²) in [4.78, 5) is 17.8. The van der Waals surface area contributed by atoms with Crippen molar-refractivity contribution in [2.24, 2.45) is 4.99 Å². The summed E-state index contributed by atoms with van der Waals surface area (Å²) in [5.74, 6) is 1.48. The topological polar surface area (TPSA) is 66.0 Å². The van der Waals surface area contributed by atoms with Gasteiger partial charge in [-0.2, -0.15) is 0 Å². The highest BCUT2D eigenvalue weighted by Gasteiger charge is 2.06. The Balaban J connectivity index is 0.00000420. The number of hydrogen-bond acceptors (Lipinski definition) is 3. The van der Waals surface area contributed by atoms with Gasteiger partial charge in [0.25, 0.3) is 0 Å². The number of rotatable bonds is 9. The zero-order valence-electron chi connectivity index (χ0n) is 17.4. The van der Waals surface area contributed by atoms with Gasteiger partial charge in [0.05, 0.1) is 7.11 Å². The van der Waals surface area contributed by atoms with Gasteiger partial charge in [-0.25, -0.2) is 4.99 Å². The molecule has 6 nitrogen and oxygen atoms in total. The van der Waals surface area contributed by atoms with Gasteiger partial charge in [0.1, 0.15) is 12.3 Å². The predicted molar refractivity (Wildman–Crippen MR) is 129 cm³/mol. The van der Waals surface area contributed by atoms with Crippen molar-refractivity contribution in [3.8, 4) is 5.75 Å². The van der Waals surface area contributed by atoms with Gasteiger partial charge in [-0.1, -0.05) is 48.5 Å². The van der Waals surface area contributed by atoms with Crippen LogP contribution in [-0.2, 0) is 17.6 Å². The number of aliphatic imine (C=N–C) groups is 1.